The summed E-state index contributed by atoms with van der Waals surface area (Å²) in [5.41, 5.74) is 0.922. The molecule has 5 nitrogen and oxygen atoms in total. The Bertz CT molecular complexity index is 1310. The highest BCUT2D eigenvalue weighted by molar-refractivity contribution is 6.39. The van der Waals surface area contributed by atoms with Crippen LogP contribution < -0.4 is 5.56 Å². The summed E-state index contributed by atoms with van der Waals surface area (Å²) in [7, 11) is 0. The van der Waals surface area contributed by atoms with Crippen LogP contribution in [0.15, 0.2) is 63.8 Å². The molecule has 7 heteroatoms. The number of aromatic nitrogens is 2. The van der Waals surface area contributed by atoms with Gasteiger partial charge in [-0.1, -0.05) is 41.4 Å². The third-order valence-corrected chi connectivity index (χ3v) is 4.74. The Balaban J connectivity index is 1.77. The maximum absolute atomic E-state index is 12.3. The van der Waals surface area contributed by atoms with Crippen molar-refractivity contribution in [3.8, 4) is 17.4 Å². The maximum atomic E-state index is 12.3. The van der Waals surface area contributed by atoms with E-state index in [-0.39, 0.29) is 17.0 Å². The number of para-hydroxylation sites is 1. The molecular formula is C21H11Cl2N3O2. The second-order valence-electron chi connectivity index (χ2n) is 5.90. The van der Waals surface area contributed by atoms with Gasteiger partial charge in [-0.15, -0.1) is 0 Å². The Kier molecular flexibility index (Phi) is 4.74. The van der Waals surface area contributed by atoms with Gasteiger partial charge in [-0.25, -0.2) is 4.98 Å². The van der Waals surface area contributed by atoms with Gasteiger partial charge in [0.2, 0.25) is 0 Å². The summed E-state index contributed by atoms with van der Waals surface area (Å²) in [6, 6.07) is 17.5. The van der Waals surface area contributed by atoms with E-state index in [1.165, 1.54) is 6.08 Å². The van der Waals surface area contributed by atoms with Gasteiger partial charge in [0.05, 0.1) is 32.1 Å². The van der Waals surface area contributed by atoms with Gasteiger partial charge in [0, 0.05) is 6.08 Å². The van der Waals surface area contributed by atoms with Crippen LogP contribution in [0.25, 0.3) is 33.9 Å². The van der Waals surface area contributed by atoms with Gasteiger partial charge < -0.3 is 9.40 Å². The minimum atomic E-state index is -0.315. The number of hydrogen-bond acceptors (Lipinski definition) is 4. The zero-order chi connectivity index (χ0) is 19.7. The Labute approximate surface area is 169 Å². The van der Waals surface area contributed by atoms with Crippen molar-refractivity contribution in [1.29, 1.82) is 5.26 Å². The van der Waals surface area contributed by atoms with E-state index in [4.69, 9.17) is 27.6 Å². The summed E-state index contributed by atoms with van der Waals surface area (Å²) in [5.74, 6) is 1.04. The molecule has 0 atom stereocenters. The van der Waals surface area contributed by atoms with E-state index in [9.17, 15) is 10.1 Å². The molecule has 1 N–H and O–H groups in total. The van der Waals surface area contributed by atoms with E-state index in [0.29, 0.717) is 38.0 Å². The van der Waals surface area contributed by atoms with Gasteiger partial charge in [0.25, 0.3) is 5.56 Å². The smallest absolute Gasteiger partial charge is 0.259 e. The standard InChI is InChI=1S/C21H11Cl2N3O2/c22-15-5-3-6-16(23)19(15)18-9-8-13(28-18)10-12(11-24)20-25-17-7-2-1-4-14(17)21(27)26-20/h1-10H,(H,25,26,27)/b12-10+. The molecular weight excluding hydrogens is 397 g/mol. The third kappa shape index (κ3) is 3.31. The molecule has 0 amide bonds. The van der Waals surface area contributed by atoms with Crippen LogP contribution in [0.2, 0.25) is 10.0 Å². The monoisotopic (exact) mass is 407 g/mol. The number of nitrogens with one attached hydrogen (secondary N) is 1. The summed E-state index contributed by atoms with van der Waals surface area (Å²) < 4.78 is 5.79. The third-order valence-electron chi connectivity index (χ3n) is 4.11. The number of fused-ring (bicyclic) bond motifs is 1. The van der Waals surface area contributed by atoms with Crippen molar-refractivity contribution in [3.05, 3.63) is 86.6 Å². The van der Waals surface area contributed by atoms with Crippen molar-refractivity contribution in [3.63, 3.8) is 0 Å². The zero-order valence-electron chi connectivity index (χ0n) is 14.2. The molecule has 2 heterocycles. The Morgan fingerprint density at radius 3 is 2.57 bits per heavy atom. The van der Waals surface area contributed by atoms with E-state index in [0.717, 1.165) is 0 Å². The number of hydrogen-bond donors (Lipinski definition) is 1. The zero-order valence-corrected chi connectivity index (χ0v) is 15.8. The lowest BCUT2D eigenvalue weighted by Crippen LogP contribution is -2.11. The molecule has 0 aliphatic heterocycles. The molecule has 2 aromatic heterocycles. The van der Waals surface area contributed by atoms with Gasteiger partial charge in [-0.2, -0.15) is 5.26 Å². The normalized spacial score (nSPS) is 11.5. The van der Waals surface area contributed by atoms with E-state index in [1.54, 1.807) is 54.6 Å². The molecule has 0 unspecified atom stereocenters. The van der Waals surface area contributed by atoms with Crippen molar-refractivity contribution in [2.45, 2.75) is 0 Å². The lowest BCUT2D eigenvalue weighted by molar-refractivity contribution is 0.572. The summed E-state index contributed by atoms with van der Waals surface area (Å²) in [5, 5.41) is 10.9. The first-order valence-electron chi connectivity index (χ1n) is 8.22. The van der Waals surface area contributed by atoms with Crippen LogP contribution in [0, 0.1) is 11.3 Å². The number of nitriles is 1. The number of aromatic amines is 1. The number of halogens is 2. The van der Waals surface area contributed by atoms with Gasteiger partial charge in [-0.3, -0.25) is 4.79 Å². The molecule has 0 saturated carbocycles. The van der Waals surface area contributed by atoms with Crippen molar-refractivity contribution in [2.24, 2.45) is 0 Å². The fourth-order valence-corrected chi connectivity index (χ4v) is 3.39. The molecule has 0 aliphatic rings. The Morgan fingerprint density at radius 2 is 1.82 bits per heavy atom. The number of nitrogens with zero attached hydrogens (tertiary/aromatic N) is 2. The van der Waals surface area contributed by atoms with Crippen molar-refractivity contribution >= 4 is 45.8 Å². The number of H-pyrrole nitrogens is 1. The minimum Gasteiger partial charge on any atom is -0.457 e. The van der Waals surface area contributed by atoms with Crippen molar-refractivity contribution < 1.29 is 4.42 Å². The second kappa shape index (κ2) is 7.35. The average molecular weight is 408 g/mol. The summed E-state index contributed by atoms with van der Waals surface area (Å²) in [6.45, 7) is 0. The lowest BCUT2D eigenvalue weighted by atomic mass is 10.2. The van der Waals surface area contributed by atoms with Crippen LogP contribution in [0.3, 0.4) is 0 Å². The van der Waals surface area contributed by atoms with Gasteiger partial charge in [0.15, 0.2) is 5.82 Å². The van der Waals surface area contributed by atoms with E-state index in [2.05, 4.69) is 9.97 Å². The molecule has 4 aromatic rings. The van der Waals surface area contributed by atoms with E-state index >= 15 is 0 Å². The molecule has 0 radical (unpaired) electrons. The van der Waals surface area contributed by atoms with Crippen LogP contribution in [0.1, 0.15) is 11.6 Å². The number of rotatable bonds is 3. The van der Waals surface area contributed by atoms with Crippen LogP contribution >= 0.6 is 23.2 Å². The van der Waals surface area contributed by atoms with Crippen LogP contribution in [-0.4, -0.2) is 9.97 Å². The molecule has 2 aromatic carbocycles. The number of allylic oxidation sites excluding steroid dienone is 1. The van der Waals surface area contributed by atoms with Crippen LogP contribution in [-0.2, 0) is 0 Å². The largest absolute Gasteiger partial charge is 0.457 e. The first kappa shape index (κ1) is 18.1. The fraction of sp³-hybridized carbons (Fsp3) is 0. The van der Waals surface area contributed by atoms with Crippen LogP contribution in [0.5, 0.6) is 0 Å². The first-order valence-corrected chi connectivity index (χ1v) is 8.98. The topological polar surface area (TPSA) is 82.7 Å². The SMILES string of the molecule is N#C/C(=C\c1ccc(-c2c(Cl)cccc2Cl)o1)c1nc2ccccc2c(=O)[nH]1. The number of benzene rings is 2. The quantitative estimate of drug-likeness (QED) is 0.451. The molecule has 0 spiro atoms. The highest BCUT2D eigenvalue weighted by Crippen LogP contribution is 2.36. The summed E-state index contributed by atoms with van der Waals surface area (Å²) >= 11 is 12.4. The Morgan fingerprint density at radius 1 is 1.07 bits per heavy atom. The van der Waals surface area contributed by atoms with E-state index < -0.39 is 0 Å². The molecule has 0 saturated heterocycles. The molecule has 0 aliphatic carbocycles. The predicted octanol–water partition coefficient (Wildman–Crippen LogP) is 5.55. The lowest BCUT2D eigenvalue weighted by Gasteiger charge is -2.03. The van der Waals surface area contributed by atoms with Crippen molar-refractivity contribution in [2.75, 3.05) is 0 Å². The number of furan rings is 1. The molecule has 28 heavy (non-hydrogen) atoms. The van der Waals surface area contributed by atoms with Crippen molar-refractivity contribution in [1.82, 2.24) is 9.97 Å². The second-order valence-corrected chi connectivity index (χ2v) is 6.71. The molecule has 0 bridgehead atoms. The highest BCUT2D eigenvalue weighted by Gasteiger charge is 2.13. The van der Waals surface area contributed by atoms with Gasteiger partial charge in [-0.05, 0) is 36.4 Å². The van der Waals surface area contributed by atoms with E-state index in [1.807, 2.05) is 6.07 Å². The average Bonchev–Trinajstić information content (AvgIpc) is 3.14. The van der Waals surface area contributed by atoms with Gasteiger partial charge in [0.1, 0.15) is 17.6 Å². The highest BCUT2D eigenvalue weighted by atomic mass is 35.5. The minimum absolute atomic E-state index is 0.161. The predicted molar refractivity (Wildman–Crippen MR) is 110 cm³/mol. The molecule has 4 rings (SSSR count). The summed E-state index contributed by atoms with van der Waals surface area (Å²) in [4.78, 5) is 19.3. The Hall–Kier alpha value is -3.33. The maximum Gasteiger partial charge on any atom is 0.259 e. The molecule has 136 valence electrons. The fourth-order valence-electron chi connectivity index (χ4n) is 2.81. The molecule has 0 fully saturated rings. The first-order chi connectivity index (χ1) is 13.6. The summed E-state index contributed by atoms with van der Waals surface area (Å²) in [6.07, 6.45) is 1.50. The van der Waals surface area contributed by atoms with Gasteiger partial charge >= 0.3 is 0 Å². The van der Waals surface area contributed by atoms with Crippen LogP contribution in [0.4, 0.5) is 0 Å².